The highest BCUT2D eigenvalue weighted by Crippen LogP contribution is 2.40. The summed E-state index contributed by atoms with van der Waals surface area (Å²) in [7, 11) is 0. The molecule has 0 radical (unpaired) electrons. The van der Waals surface area contributed by atoms with Gasteiger partial charge in [0.25, 0.3) is 5.91 Å². The normalized spacial score (nSPS) is 20.2. The number of benzene rings is 3. The predicted octanol–water partition coefficient (Wildman–Crippen LogP) is 3.81. The number of hydrogen-bond acceptors (Lipinski definition) is 5. The van der Waals surface area contributed by atoms with Crippen molar-refractivity contribution < 1.29 is 23.7 Å². The molecule has 1 saturated heterocycles. The van der Waals surface area contributed by atoms with Crippen molar-refractivity contribution in [2.24, 2.45) is 0 Å². The number of β-lactam (4-membered cyclic amide) rings is 1. The molecule has 3 aromatic rings. The van der Waals surface area contributed by atoms with Gasteiger partial charge < -0.3 is 14.6 Å². The molecule has 0 aromatic heterocycles. The highest BCUT2D eigenvalue weighted by molar-refractivity contribution is 7.92. The Morgan fingerprint density at radius 1 is 1.00 bits per heavy atom. The average Bonchev–Trinajstić information content (AvgIpc) is 2.95. The summed E-state index contributed by atoms with van der Waals surface area (Å²) >= 11 is -1.55. The van der Waals surface area contributed by atoms with Crippen LogP contribution in [0, 0.1) is 0 Å². The van der Waals surface area contributed by atoms with E-state index < -0.39 is 40.6 Å². The van der Waals surface area contributed by atoms with Gasteiger partial charge in [-0.3, -0.25) is 14.5 Å². The Hall–Kier alpha value is -4.14. The largest absolute Gasteiger partial charge is 0.614 e. The van der Waals surface area contributed by atoms with E-state index in [9.17, 15) is 18.9 Å². The standard InChI is InChI=1S/C31H28N2O5S/c1-20(2)24-19-39(37)30-26(32-25(34)18-21-12-6-3-7-13-21)29(35)33(30)27(24)31(36)38-28(22-14-8-4-9-15-22)23-16-10-5-11-17-23/h3-17,26,28,30H,1,18-19H2,2H3,(H,32,34)/t26-,30-,39?/m1/s1. The molecule has 1 unspecified atom stereocenters. The minimum atomic E-state index is -1.55. The Bertz CT molecular complexity index is 1390. The molecular formula is C31H28N2O5S. The van der Waals surface area contributed by atoms with Gasteiger partial charge in [0.2, 0.25) is 11.3 Å². The van der Waals surface area contributed by atoms with E-state index >= 15 is 0 Å². The maximum absolute atomic E-state index is 13.8. The summed E-state index contributed by atoms with van der Waals surface area (Å²) in [5.41, 5.74) is 3.30. The van der Waals surface area contributed by atoms with E-state index in [4.69, 9.17) is 4.74 Å². The average molecular weight is 541 g/mol. The lowest BCUT2D eigenvalue weighted by Gasteiger charge is -2.49. The molecule has 1 fully saturated rings. The summed E-state index contributed by atoms with van der Waals surface area (Å²) in [4.78, 5) is 41.0. The lowest BCUT2D eigenvalue weighted by atomic mass is 9.99. The fourth-order valence-corrected chi connectivity index (χ4v) is 6.62. The fraction of sp³-hybridized carbons (Fsp3) is 0.194. The number of carbonyl (C=O) groups is 3. The molecule has 8 heteroatoms. The summed E-state index contributed by atoms with van der Waals surface area (Å²) in [6.45, 7) is 5.66. The van der Waals surface area contributed by atoms with Crippen LogP contribution in [0.1, 0.15) is 29.7 Å². The van der Waals surface area contributed by atoms with Crippen LogP contribution in [0.3, 0.4) is 0 Å². The third-order valence-corrected chi connectivity index (χ3v) is 8.38. The molecule has 1 N–H and O–H groups in total. The van der Waals surface area contributed by atoms with Crippen LogP contribution in [0.5, 0.6) is 0 Å². The van der Waals surface area contributed by atoms with Crippen LogP contribution in [0.25, 0.3) is 0 Å². The molecule has 2 aliphatic rings. The number of rotatable bonds is 8. The van der Waals surface area contributed by atoms with Crippen LogP contribution in [-0.2, 0) is 36.7 Å². The molecule has 2 heterocycles. The van der Waals surface area contributed by atoms with Crippen LogP contribution in [-0.4, -0.2) is 44.4 Å². The minimum Gasteiger partial charge on any atom is -0.614 e. The monoisotopic (exact) mass is 540 g/mol. The Kier molecular flexibility index (Phi) is 7.67. The molecule has 3 aromatic carbocycles. The molecule has 0 bridgehead atoms. The van der Waals surface area contributed by atoms with Crippen molar-refractivity contribution in [3.05, 3.63) is 131 Å². The van der Waals surface area contributed by atoms with Gasteiger partial charge in [0.1, 0.15) is 11.4 Å². The lowest BCUT2D eigenvalue weighted by Crippen LogP contribution is -2.75. The van der Waals surface area contributed by atoms with Crippen LogP contribution < -0.4 is 5.32 Å². The van der Waals surface area contributed by atoms with E-state index in [0.29, 0.717) is 11.1 Å². The number of carbonyl (C=O) groups excluding carboxylic acids is 3. The maximum atomic E-state index is 13.8. The zero-order valence-electron chi connectivity index (χ0n) is 21.4. The topological polar surface area (TPSA) is 98.8 Å². The Labute approximate surface area is 230 Å². The first-order valence-electron chi connectivity index (χ1n) is 12.6. The van der Waals surface area contributed by atoms with E-state index in [1.54, 1.807) is 6.92 Å². The van der Waals surface area contributed by atoms with Crippen molar-refractivity contribution in [1.82, 2.24) is 10.2 Å². The molecule has 0 aliphatic carbocycles. The van der Waals surface area contributed by atoms with Crippen molar-refractivity contribution in [1.29, 1.82) is 0 Å². The van der Waals surface area contributed by atoms with Gasteiger partial charge in [0.05, 0.1) is 6.42 Å². The van der Waals surface area contributed by atoms with Gasteiger partial charge in [0, 0.05) is 5.57 Å². The van der Waals surface area contributed by atoms with Crippen LogP contribution in [0.4, 0.5) is 0 Å². The molecule has 0 spiro atoms. The third kappa shape index (κ3) is 5.39. The summed E-state index contributed by atoms with van der Waals surface area (Å²) in [6.07, 6.45) is -0.635. The number of nitrogens with one attached hydrogen (secondary N) is 1. The zero-order valence-corrected chi connectivity index (χ0v) is 22.2. The van der Waals surface area contributed by atoms with Crippen LogP contribution >= 0.6 is 0 Å². The van der Waals surface area contributed by atoms with Gasteiger partial charge in [-0.2, -0.15) is 0 Å². The smallest absolute Gasteiger partial charge is 0.356 e. The zero-order chi connectivity index (χ0) is 27.5. The van der Waals surface area contributed by atoms with Crippen LogP contribution in [0.2, 0.25) is 0 Å². The summed E-state index contributed by atoms with van der Waals surface area (Å²) < 4.78 is 19.3. The Morgan fingerprint density at radius 2 is 1.54 bits per heavy atom. The molecular weight excluding hydrogens is 512 g/mol. The predicted molar refractivity (Wildman–Crippen MR) is 148 cm³/mol. The first kappa shape index (κ1) is 26.5. The van der Waals surface area contributed by atoms with Crippen molar-refractivity contribution in [3.8, 4) is 0 Å². The molecule has 198 valence electrons. The number of esters is 1. The number of nitrogens with zero attached hydrogens (tertiary/aromatic N) is 1. The highest BCUT2D eigenvalue weighted by atomic mass is 32.2. The van der Waals surface area contributed by atoms with Gasteiger partial charge in [-0.15, -0.1) is 0 Å². The second-order valence-corrected chi connectivity index (χ2v) is 11.1. The Morgan fingerprint density at radius 3 is 2.08 bits per heavy atom. The van der Waals surface area contributed by atoms with E-state index in [1.165, 1.54) is 4.90 Å². The number of ether oxygens (including phenoxy) is 1. The second kappa shape index (κ2) is 11.3. The van der Waals surface area contributed by atoms with Crippen LogP contribution in [0.15, 0.2) is 114 Å². The summed E-state index contributed by atoms with van der Waals surface area (Å²) in [5, 5.41) is 1.85. The SMILES string of the molecule is C=C(C)C1=C(C(=O)OC(c2ccccc2)c2ccccc2)N2C(=O)[C@@H](NC(=O)Cc3ccccc3)[C@H]2[S+]([O-])C1. The molecule has 2 aliphatic heterocycles. The first-order chi connectivity index (χ1) is 18.8. The lowest BCUT2D eigenvalue weighted by molar-refractivity contribution is -0.155. The quantitative estimate of drug-likeness (QED) is 0.266. The van der Waals surface area contributed by atoms with E-state index in [2.05, 4.69) is 11.9 Å². The second-order valence-electron chi connectivity index (χ2n) is 9.55. The molecule has 0 saturated carbocycles. The van der Waals surface area contributed by atoms with Crippen molar-refractivity contribution in [2.75, 3.05) is 5.75 Å². The number of amides is 2. The molecule has 7 nitrogen and oxygen atoms in total. The van der Waals surface area contributed by atoms with E-state index in [-0.39, 0.29) is 23.8 Å². The van der Waals surface area contributed by atoms with Crippen molar-refractivity contribution >= 4 is 29.0 Å². The van der Waals surface area contributed by atoms with E-state index in [1.807, 2.05) is 91.0 Å². The molecule has 2 amide bonds. The van der Waals surface area contributed by atoms with E-state index in [0.717, 1.165) is 16.7 Å². The van der Waals surface area contributed by atoms with Gasteiger partial charge in [-0.25, -0.2) is 4.79 Å². The van der Waals surface area contributed by atoms with Gasteiger partial charge >= 0.3 is 5.97 Å². The summed E-state index contributed by atoms with van der Waals surface area (Å²) in [5.74, 6) is -1.55. The molecule has 5 rings (SSSR count). The maximum Gasteiger partial charge on any atom is 0.356 e. The first-order valence-corrected chi connectivity index (χ1v) is 14.0. The van der Waals surface area contributed by atoms with Crippen molar-refractivity contribution in [2.45, 2.75) is 30.9 Å². The third-order valence-electron chi connectivity index (χ3n) is 6.79. The number of allylic oxidation sites excluding steroid dienone is 1. The Balaban J connectivity index is 1.41. The molecule has 3 atom stereocenters. The number of hydrogen-bond donors (Lipinski definition) is 1. The highest BCUT2D eigenvalue weighted by Gasteiger charge is 2.61. The summed E-state index contributed by atoms with van der Waals surface area (Å²) in [6, 6.07) is 26.8. The minimum absolute atomic E-state index is 0.0284. The van der Waals surface area contributed by atoms with Gasteiger partial charge in [-0.05, 0) is 40.4 Å². The number of fused-ring (bicyclic) bond motifs is 1. The van der Waals surface area contributed by atoms with Gasteiger partial charge in [-0.1, -0.05) is 97.6 Å². The fourth-order valence-electron chi connectivity index (χ4n) is 4.85. The molecule has 39 heavy (non-hydrogen) atoms. The van der Waals surface area contributed by atoms with Crippen molar-refractivity contribution in [3.63, 3.8) is 0 Å². The van der Waals surface area contributed by atoms with Gasteiger partial charge in [0.15, 0.2) is 12.1 Å².